The molecule has 0 saturated carbocycles. The maximum absolute atomic E-state index is 3.91. The number of rotatable bonds is 0. The van der Waals surface area contributed by atoms with Crippen LogP contribution >= 0.6 is 12.6 Å². The topological polar surface area (TPSA) is 25.8 Å². The Bertz CT molecular complexity index is 140. The molecule has 8 heavy (non-hydrogen) atoms. The van der Waals surface area contributed by atoms with Gasteiger partial charge < -0.3 is 0 Å². The van der Waals surface area contributed by atoms with E-state index in [0.717, 1.165) is 0 Å². The Morgan fingerprint density at radius 1 is 1.38 bits per heavy atom. The van der Waals surface area contributed by atoms with Crippen molar-refractivity contribution in [2.75, 3.05) is 0 Å². The molecule has 1 heterocycles. The van der Waals surface area contributed by atoms with Crippen LogP contribution in [0.1, 0.15) is 7.43 Å². The highest BCUT2D eigenvalue weighted by atomic mass is 32.1. The monoisotopic (exact) mass is 128 g/mol. The summed E-state index contributed by atoms with van der Waals surface area (Å²) in [5.74, 6) is 0. The molecule has 0 aliphatic carbocycles. The second kappa shape index (κ2) is 3.43. The number of hydrogen-bond donors (Lipinski definition) is 1. The minimum atomic E-state index is 0. The number of aromatic nitrogens is 2. The molecule has 1 rings (SSSR count). The standard InChI is InChI=1S/C4H4N2S.CH4/c7-4-3-5-1-2-6-4;/h1-3H,(H,6,7);1H4. The Kier molecular flexibility index (Phi) is 3.19. The van der Waals surface area contributed by atoms with Crippen LogP contribution in [0.25, 0.3) is 0 Å². The van der Waals surface area contributed by atoms with Crippen LogP contribution in [0.15, 0.2) is 23.6 Å². The van der Waals surface area contributed by atoms with Gasteiger partial charge in [-0.25, -0.2) is 4.98 Å². The predicted molar refractivity (Wildman–Crippen MR) is 36.0 cm³/mol. The van der Waals surface area contributed by atoms with E-state index >= 15 is 0 Å². The second-order valence-corrected chi connectivity index (χ2v) is 1.52. The molecule has 1 aromatic rings. The van der Waals surface area contributed by atoms with E-state index in [1.807, 2.05) is 0 Å². The lowest BCUT2D eigenvalue weighted by molar-refractivity contribution is 1.06. The van der Waals surface area contributed by atoms with Crippen molar-refractivity contribution in [2.45, 2.75) is 12.5 Å². The summed E-state index contributed by atoms with van der Waals surface area (Å²) in [5, 5.41) is 0.655. The van der Waals surface area contributed by atoms with Crippen molar-refractivity contribution in [1.82, 2.24) is 9.97 Å². The maximum atomic E-state index is 3.91. The SMILES string of the molecule is C.Sc1cnccn1. The predicted octanol–water partition coefficient (Wildman–Crippen LogP) is 1.40. The molecule has 0 bridgehead atoms. The van der Waals surface area contributed by atoms with Crippen LogP contribution in [0.3, 0.4) is 0 Å². The molecule has 0 fully saturated rings. The third-order valence-corrected chi connectivity index (χ3v) is 0.780. The van der Waals surface area contributed by atoms with Crippen molar-refractivity contribution in [3.8, 4) is 0 Å². The largest absolute Gasteiger partial charge is 0.260 e. The Labute approximate surface area is 54.4 Å². The summed E-state index contributed by atoms with van der Waals surface area (Å²) in [6.07, 6.45) is 4.80. The third-order valence-electron chi connectivity index (χ3n) is 0.550. The molecule has 2 nitrogen and oxygen atoms in total. The lowest BCUT2D eigenvalue weighted by Crippen LogP contribution is -1.73. The van der Waals surface area contributed by atoms with E-state index in [0.29, 0.717) is 5.03 Å². The van der Waals surface area contributed by atoms with Crippen molar-refractivity contribution in [3.63, 3.8) is 0 Å². The van der Waals surface area contributed by atoms with Crippen LogP contribution in [-0.4, -0.2) is 9.97 Å². The van der Waals surface area contributed by atoms with Gasteiger partial charge in [-0.15, -0.1) is 12.6 Å². The van der Waals surface area contributed by atoms with Crippen LogP contribution < -0.4 is 0 Å². The fraction of sp³-hybridized carbons (Fsp3) is 0.200. The summed E-state index contributed by atoms with van der Waals surface area (Å²) in [6, 6.07) is 0. The molecular formula is C5H8N2S. The quantitative estimate of drug-likeness (QED) is 0.534. The minimum absolute atomic E-state index is 0. The summed E-state index contributed by atoms with van der Waals surface area (Å²) in [7, 11) is 0. The van der Waals surface area contributed by atoms with Gasteiger partial charge in [-0.2, -0.15) is 0 Å². The molecule has 0 unspecified atom stereocenters. The maximum Gasteiger partial charge on any atom is 0.111 e. The van der Waals surface area contributed by atoms with E-state index in [1.165, 1.54) is 0 Å². The molecule has 0 N–H and O–H groups in total. The van der Waals surface area contributed by atoms with Crippen molar-refractivity contribution in [2.24, 2.45) is 0 Å². The molecule has 0 radical (unpaired) electrons. The highest BCUT2D eigenvalue weighted by Crippen LogP contribution is 1.92. The summed E-state index contributed by atoms with van der Waals surface area (Å²) < 4.78 is 0. The van der Waals surface area contributed by atoms with E-state index in [9.17, 15) is 0 Å². The van der Waals surface area contributed by atoms with E-state index < -0.39 is 0 Å². The average molecular weight is 128 g/mol. The molecule has 0 spiro atoms. The first-order chi connectivity index (χ1) is 3.39. The molecule has 3 heteroatoms. The summed E-state index contributed by atoms with van der Waals surface area (Å²) in [4.78, 5) is 7.53. The first-order valence-electron chi connectivity index (χ1n) is 1.84. The molecule has 0 saturated heterocycles. The summed E-state index contributed by atoms with van der Waals surface area (Å²) in [5.41, 5.74) is 0. The third kappa shape index (κ3) is 1.93. The van der Waals surface area contributed by atoms with E-state index in [4.69, 9.17) is 0 Å². The van der Waals surface area contributed by atoms with Crippen LogP contribution in [-0.2, 0) is 0 Å². The van der Waals surface area contributed by atoms with Gasteiger partial charge in [-0.3, -0.25) is 4.98 Å². The summed E-state index contributed by atoms with van der Waals surface area (Å²) in [6.45, 7) is 0. The molecule has 0 aromatic carbocycles. The fourth-order valence-electron chi connectivity index (χ4n) is 0.291. The molecular weight excluding hydrogens is 120 g/mol. The lowest BCUT2D eigenvalue weighted by Gasteiger charge is -1.80. The molecule has 0 aliphatic rings. The zero-order valence-electron chi connectivity index (χ0n) is 3.57. The van der Waals surface area contributed by atoms with Crippen LogP contribution in [0.4, 0.5) is 0 Å². The Balaban J connectivity index is 0.000000490. The Morgan fingerprint density at radius 3 is 2.38 bits per heavy atom. The van der Waals surface area contributed by atoms with Crippen LogP contribution in [0.2, 0.25) is 0 Å². The van der Waals surface area contributed by atoms with Gasteiger partial charge in [0.25, 0.3) is 0 Å². The van der Waals surface area contributed by atoms with Gasteiger partial charge in [0.15, 0.2) is 0 Å². The van der Waals surface area contributed by atoms with Gasteiger partial charge in [0.05, 0.1) is 6.20 Å². The minimum Gasteiger partial charge on any atom is -0.260 e. The summed E-state index contributed by atoms with van der Waals surface area (Å²) >= 11 is 3.91. The number of nitrogens with zero attached hydrogens (tertiary/aromatic N) is 2. The highest BCUT2D eigenvalue weighted by Gasteiger charge is 1.75. The smallest absolute Gasteiger partial charge is 0.111 e. The first kappa shape index (κ1) is 7.43. The second-order valence-electron chi connectivity index (χ2n) is 1.06. The lowest BCUT2D eigenvalue weighted by atomic mass is 10.8. The van der Waals surface area contributed by atoms with E-state index in [1.54, 1.807) is 18.6 Å². The Hall–Kier alpha value is -0.570. The molecule has 1 aromatic heterocycles. The fourth-order valence-corrected chi connectivity index (χ4v) is 0.425. The Morgan fingerprint density at radius 2 is 2.12 bits per heavy atom. The molecule has 0 aliphatic heterocycles. The van der Waals surface area contributed by atoms with Crippen LogP contribution in [0.5, 0.6) is 0 Å². The number of thiol groups is 1. The van der Waals surface area contributed by atoms with Gasteiger partial charge in [-0.05, 0) is 0 Å². The van der Waals surface area contributed by atoms with Crippen molar-refractivity contribution >= 4 is 12.6 Å². The normalized spacial score (nSPS) is 7.62. The van der Waals surface area contributed by atoms with Gasteiger partial charge in [0, 0.05) is 12.4 Å². The molecule has 0 atom stereocenters. The zero-order chi connectivity index (χ0) is 5.11. The highest BCUT2D eigenvalue weighted by molar-refractivity contribution is 7.80. The average Bonchev–Trinajstić information content (AvgIpc) is 1.69. The number of hydrogen-bond acceptors (Lipinski definition) is 3. The molecule has 44 valence electrons. The molecule has 0 amide bonds. The van der Waals surface area contributed by atoms with Gasteiger partial charge in [0.1, 0.15) is 5.03 Å². The zero-order valence-corrected chi connectivity index (χ0v) is 4.47. The first-order valence-corrected chi connectivity index (χ1v) is 2.29. The van der Waals surface area contributed by atoms with Crippen molar-refractivity contribution in [1.29, 1.82) is 0 Å². The van der Waals surface area contributed by atoms with E-state index in [2.05, 4.69) is 22.6 Å². The van der Waals surface area contributed by atoms with Gasteiger partial charge in [0.2, 0.25) is 0 Å². The van der Waals surface area contributed by atoms with Crippen LogP contribution in [0, 0.1) is 0 Å². The van der Waals surface area contributed by atoms with Crippen molar-refractivity contribution in [3.05, 3.63) is 18.6 Å². The van der Waals surface area contributed by atoms with Crippen molar-refractivity contribution < 1.29 is 0 Å². The van der Waals surface area contributed by atoms with Gasteiger partial charge >= 0.3 is 0 Å². The van der Waals surface area contributed by atoms with E-state index in [-0.39, 0.29) is 7.43 Å². The van der Waals surface area contributed by atoms with Gasteiger partial charge in [-0.1, -0.05) is 7.43 Å².